The molecule has 9 nitrogen and oxygen atoms in total. The average molecular weight is 467 g/mol. The van der Waals surface area contributed by atoms with E-state index in [-0.39, 0.29) is 17.3 Å². The van der Waals surface area contributed by atoms with Crippen LogP contribution in [0.15, 0.2) is 63.9 Å². The molecule has 0 bridgehead atoms. The van der Waals surface area contributed by atoms with Gasteiger partial charge in [0.2, 0.25) is 0 Å². The summed E-state index contributed by atoms with van der Waals surface area (Å²) in [5.41, 5.74) is 1.55. The summed E-state index contributed by atoms with van der Waals surface area (Å²) in [6.45, 7) is 1.65. The van der Waals surface area contributed by atoms with E-state index in [9.17, 15) is 25.0 Å². The lowest BCUT2D eigenvalue weighted by Crippen LogP contribution is -2.27. The smallest absolute Gasteiger partial charge is 0.272 e. The summed E-state index contributed by atoms with van der Waals surface area (Å²) in [6.07, 6.45) is 1.56. The van der Waals surface area contributed by atoms with Crippen LogP contribution in [0.25, 0.3) is 17.4 Å². The SMILES string of the molecule is Cc1cc(-c2ccc(/C=C3/SC(=S)N(c4ccc([N+](=O)[O-])cc4)C3=O)o2)ccc1[N+](=O)[O-]. The van der Waals surface area contributed by atoms with E-state index in [4.69, 9.17) is 16.6 Å². The number of carbonyl (C=O) groups excluding carboxylic acids is 1. The highest BCUT2D eigenvalue weighted by molar-refractivity contribution is 8.27. The molecule has 3 aromatic rings. The van der Waals surface area contributed by atoms with Gasteiger partial charge >= 0.3 is 0 Å². The Balaban J connectivity index is 1.57. The monoisotopic (exact) mass is 467 g/mol. The maximum Gasteiger partial charge on any atom is 0.272 e. The number of nitro groups is 2. The molecule has 1 aromatic heterocycles. The lowest BCUT2D eigenvalue weighted by Gasteiger charge is -2.13. The Morgan fingerprint density at radius 3 is 2.38 bits per heavy atom. The molecule has 160 valence electrons. The van der Waals surface area contributed by atoms with Crippen molar-refractivity contribution in [2.75, 3.05) is 4.90 Å². The van der Waals surface area contributed by atoms with Crippen LogP contribution < -0.4 is 4.90 Å². The number of rotatable bonds is 5. The molecule has 11 heteroatoms. The van der Waals surface area contributed by atoms with Gasteiger partial charge in [0.15, 0.2) is 4.32 Å². The van der Waals surface area contributed by atoms with Gasteiger partial charge in [0.05, 0.1) is 20.4 Å². The van der Waals surface area contributed by atoms with Gasteiger partial charge in [-0.05, 0) is 43.3 Å². The Kier molecular flexibility index (Phi) is 5.59. The van der Waals surface area contributed by atoms with Gasteiger partial charge in [-0.2, -0.15) is 0 Å². The Bertz CT molecular complexity index is 1310. The Hall–Kier alpha value is -3.83. The first-order valence-electron chi connectivity index (χ1n) is 9.12. The van der Waals surface area contributed by atoms with E-state index in [1.807, 2.05) is 0 Å². The molecule has 0 radical (unpaired) electrons. The molecule has 2 heterocycles. The van der Waals surface area contributed by atoms with Crippen molar-refractivity contribution in [2.24, 2.45) is 0 Å². The second-order valence-corrected chi connectivity index (χ2v) is 8.43. The van der Waals surface area contributed by atoms with E-state index in [0.29, 0.717) is 37.6 Å². The molecule has 1 fully saturated rings. The van der Waals surface area contributed by atoms with Crippen LogP contribution in [-0.4, -0.2) is 20.1 Å². The minimum atomic E-state index is -0.519. The zero-order valence-corrected chi connectivity index (χ0v) is 18.0. The van der Waals surface area contributed by atoms with Crippen molar-refractivity contribution in [1.29, 1.82) is 0 Å². The van der Waals surface area contributed by atoms with Gasteiger partial charge in [-0.15, -0.1) is 0 Å². The van der Waals surface area contributed by atoms with Crippen LogP contribution in [0.2, 0.25) is 0 Å². The van der Waals surface area contributed by atoms with E-state index in [1.165, 1.54) is 35.2 Å². The lowest BCUT2D eigenvalue weighted by molar-refractivity contribution is -0.385. The molecule has 32 heavy (non-hydrogen) atoms. The van der Waals surface area contributed by atoms with Crippen LogP contribution >= 0.6 is 24.0 Å². The normalized spacial score (nSPS) is 14.9. The molecular weight excluding hydrogens is 454 g/mol. The minimum absolute atomic E-state index is 0.0236. The van der Waals surface area contributed by atoms with Crippen LogP contribution in [0.4, 0.5) is 17.1 Å². The predicted octanol–water partition coefficient (Wildman–Crippen LogP) is 5.48. The number of carbonyl (C=O) groups is 1. The summed E-state index contributed by atoms with van der Waals surface area (Å²) in [5.74, 6) is 0.554. The number of hydrogen-bond donors (Lipinski definition) is 0. The highest BCUT2D eigenvalue weighted by Crippen LogP contribution is 2.37. The minimum Gasteiger partial charge on any atom is -0.457 e. The number of amides is 1. The van der Waals surface area contributed by atoms with Crippen LogP contribution in [0, 0.1) is 27.2 Å². The molecule has 0 saturated carbocycles. The van der Waals surface area contributed by atoms with Crippen LogP contribution in [-0.2, 0) is 4.79 Å². The average Bonchev–Trinajstić information content (AvgIpc) is 3.32. The number of thiocarbonyl (C=S) groups is 1. The number of anilines is 1. The topological polar surface area (TPSA) is 120 Å². The largest absolute Gasteiger partial charge is 0.457 e. The third kappa shape index (κ3) is 4.03. The molecule has 1 amide bonds. The van der Waals surface area contributed by atoms with Crippen molar-refractivity contribution in [1.82, 2.24) is 0 Å². The van der Waals surface area contributed by atoms with Gasteiger partial charge in [0, 0.05) is 35.4 Å². The standard InChI is InChI=1S/C21H13N3O6S2/c1-12-10-13(2-8-17(12)24(28)29)18-9-7-16(30-18)11-19-20(25)22(21(31)32-19)14-3-5-15(6-4-14)23(26)27/h2-11H,1H3/b19-11+. The molecule has 0 N–H and O–H groups in total. The fourth-order valence-electron chi connectivity index (χ4n) is 3.14. The molecule has 0 unspecified atom stereocenters. The number of furan rings is 1. The fourth-order valence-corrected chi connectivity index (χ4v) is 4.42. The van der Waals surface area contributed by atoms with Crippen LogP contribution in [0.1, 0.15) is 11.3 Å². The highest BCUT2D eigenvalue weighted by atomic mass is 32.2. The van der Waals surface area contributed by atoms with Crippen molar-refractivity contribution < 1.29 is 19.1 Å². The fraction of sp³-hybridized carbons (Fsp3) is 0.0476. The second-order valence-electron chi connectivity index (χ2n) is 6.75. The van der Waals surface area contributed by atoms with Gasteiger partial charge in [0.25, 0.3) is 17.3 Å². The molecule has 0 spiro atoms. The maximum atomic E-state index is 12.9. The van der Waals surface area contributed by atoms with Crippen molar-refractivity contribution in [2.45, 2.75) is 6.92 Å². The zero-order valence-electron chi connectivity index (χ0n) is 16.4. The van der Waals surface area contributed by atoms with Crippen LogP contribution in [0.3, 0.4) is 0 Å². The molecule has 0 atom stereocenters. The zero-order chi connectivity index (χ0) is 23.0. The molecule has 0 aliphatic carbocycles. The van der Waals surface area contributed by atoms with E-state index >= 15 is 0 Å². The summed E-state index contributed by atoms with van der Waals surface area (Å²) >= 11 is 6.41. The molecule has 1 aliphatic rings. The summed E-state index contributed by atoms with van der Waals surface area (Å²) in [4.78, 5) is 35.4. The third-order valence-corrected chi connectivity index (χ3v) is 5.99. The summed E-state index contributed by atoms with van der Waals surface area (Å²) in [6, 6.07) is 13.6. The molecule has 1 saturated heterocycles. The first-order chi connectivity index (χ1) is 15.2. The van der Waals surface area contributed by atoms with Crippen molar-refractivity contribution >= 4 is 57.3 Å². The Morgan fingerprint density at radius 1 is 1.03 bits per heavy atom. The molecule has 2 aromatic carbocycles. The van der Waals surface area contributed by atoms with Crippen molar-refractivity contribution in [3.05, 3.63) is 91.1 Å². The lowest BCUT2D eigenvalue weighted by atomic mass is 10.1. The van der Waals surface area contributed by atoms with Gasteiger partial charge < -0.3 is 4.42 Å². The highest BCUT2D eigenvalue weighted by Gasteiger charge is 2.33. The number of aryl methyl sites for hydroxylation is 1. The number of nitrogens with zero attached hydrogens (tertiary/aromatic N) is 3. The van der Waals surface area contributed by atoms with E-state index in [2.05, 4.69) is 0 Å². The summed E-state index contributed by atoms with van der Waals surface area (Å²) in [7, 11) is 0. The third-order valence-electron chi connectivity index (χ3n) is 4.69. The maximum absolute atomic E-state index is 12.9. The van der Waals surface area contributed by atoms with E-state index < -0.39 is 9.85 Å². The number of thioether (sulfide) groups is 1. The van der Waals surface area contributed by atoms with Gasteiger partial charge in [-0.25, -0.2) is 0 Å². The van der Waals surface area contributed by atoms with Crippen molar-refractivity contribution in [3.8, 4) is 11.3 Å². The first-order valence-corrected chi connectivity index (χ1v) is 10.3. The molecular formula is C21H13N3O6S2. The van der Waals surface area contributed by atoms with Crippen molar-refractivity contribution in [3.63, 3.8) is 0 Å². The summed E-state index contributed by atoms with van der Waals surface area (Å²) in [5, 5.41) is 21.8. The number of nitro benzene ring substituents is 2. The van der Waals surface area contributed by atoms with Crippen LogP contribution in [0.5, 0.6) is 0 Å². The van der Waals surface area contributed by atoms with Gasteiger partial charge in [-0.3, -0.25) is 29.9 Å². The first kappa shape index (κ1) is 21.4. The number of benzene rings is 2. The number of non-ortho nitro benzene ring substituents is 1. The predicted molar refractivity (Wildman–Crippen MR) is 124 cm³/mol. The molecule has 1 aliphatic heterocycles. The van der Waals surface area contributed by atoms with Gasteiger partial charge in [-0.1, -0.05) is 24.0 Å². The van der Waals surface area contributed by atoms with Gasteiger partial charge in [0.1, 0.15) is 11.5 Å². The van der Waals surface area contributed by atoms with E-state index in [1.54, 1.807) is 37.3 Å². The Morgan fingerprint density at radius 2 is 1.75 bits per heavy atom. The second kappa shape index (κ2) is 8.36. The number of hydrogen-bond acceptors (Lipinski definition) is 8. The van der Waals surface area contributed by atoms with E-state index in [0.717, 1.165) is 11.8 Å². The summed E-state index contributed by atoms with van der Waals surface area (Å²) < 4.78 is 6.10. The quantitative estimate of drug-likeness (QED) is 0.209. The molecule has 4 rings (SSSR count). The Labute approximate surface area is 190 Å².